The molecule has 122 valence electrons. The number of benzene rings is 2. The number of hydrogen-bond donors (Lipinski definition) is 3. The van der Waals surface area contributed by atoms with Gasteiger partial charge in [-0.1, -0.05) is 48.0 Å². The van der Waals surface area contributed by atoms with E-state index in [1.165, 1.54) is 0 Å². The number of H-pyrrole nitrogens is 1. The molecule has 0 unspecified atom stereocenters. The lowest BCUT2D eigenvalue weighted by Gasteiger charge is -2.12. The molecule has 0 aliphatic rings. The van der Waals surface area contributed by atoms with Crippen LogP contribution < -0.4 is 11.1 Å². The number of anilines is 1. The van der Waals surface area contributed by atoms with E-state index in [-0.39, 0.29) is 0 Å². The molecule has 0 aliphatic heterocycles. The van der Waals surface area contributed by atoms with E-state index in [2.05, 4.69) is 10.3 Å². The minimum Gasteiger partial charge on any atom is -0.380 e. The molecule has 1 amide bonds. The minimum absolute atomic E-state index is 0.434. The van der Waals surface area contributed by atoms with Crippen molar-refractivity contribution in [2.75, 3.05) is 5.32 Å². The van der Waals surface area contributed by atoms with E-state index in [4.69, 9.17) is 17.3 Å². The van der Waals surface area contributed by atoms with Crippen LogP contribution in [0.5, 0.6) is 0 Å². The lowest BCUT2D eigenvalue weighted by Crippen LogP contribution is -2.10. The Labute approximate surface area is 145 Å². The van der Waals surface area contributed by atoms with Gasteiger partial charge in [-0.15, -0.1) is 0 Å². The van der Waals surface area contributed by atoms with E-state index in [1.807, 2.05) is 55.5 Å². The van der Waals surface area contributed by atoms with Crippen LogP contribution in [0, 0.1) is 6.92 Å². The smallest absolute Gasteiger partial charge is 0.250 e. The van der Waals surface area contributed by atoms with Crippen LogP contribution in [0.1, 0.15) is 21.6 Å². The fraction of sp³-hybridized carbons (Fsp3) is 0.105. The van der Waals surface area contributed by atoms with E-state index >= 15 is 0 Å². The van der Waals surface area contributed by atoms with Gasteiger partial charge in [0.25, 0.3) is 5.91 Å². The summed E-state index contributed by atoms with van der Waals surface area (Å²) in [6, 6.07) is 17.4. The van der Waals surface area contributed by atoms with Gasteiger partial charge in [-0.3, -0.25) is 4.79 Å². The maximum atomic E-state index is 11.5. The number of carbonyl (C=O) groups is 1. The summed E-state index contributed by atoms with van der Waals surface area (Å²) in [5, 5.41) is 4.14. The third kappa shape index (κ3) is 3.29. The highest BCUT2D eigenvalue weighted by molar-refractivity contribution is 6.31. The molecule has 0 spiro atoms. The topological polar surface area (TPSA) is 70.9 Å². The van der Waals surface area contributed by atoms with Gasteiger partial charge in [0.05, 0.1) is 5.56 Å². The first kappa shape index (κ1) is 16.1. The van der Waals surface area contributed by atoms with Crippen molar-refractivity contribution in [3.63, 3.8) is 0 Å². The Morgan fingerprint density at radius 2 is 1.88 bits per heavy atom. The molecular formula is C19H18ClN3O. The van der Waals surface area contributed by atoms with Crippen molar-refractivity contribution in [3.05, 3.63) is 76.4 Å². The Kier molecular flexibility index (Phi) is 4.58. The van der Waals surface area contributed by atoms with E-state index < -0.39 is 5.91 Å². The summed E-state index contributed by atoms with van der Waals surface area (Å²) >= 11 is 6.21. The monoisotopic (exact) mass is 339 g/mol. The zero-order chi connectivity index (χ0) is 17.1. The highest BCUT2D eigenvalue weighted by Crippen LogP contribution is 2.29. The van der Waals surface area contributed by atoms with E-state index in [9.17, 15) is 4.79 Å². The fourth-order valence-electron chi connectivity index (χ4n) is 2.66. The van der Waals surface area contributed by atoms with Gasteiger partial charge < -0.3 is 16.0 Å². The normalized spacial score (nSPS) is 10.6. The number of rotatable bonds is 5. The van der Waals surface area contributed by atoms with Crippen LogP contribution >= 0.6 is 11.6 Å². The second kappa shape index (κ2) is 6.81. The molecule has 1 aromatic heterocycles. The van der Waals surface area contributed by atoms with Gasteiger partial charge >= 0.3 is 0 Å². The van der Waals surface area contributed by atoms with Gasteiger partial charge in [0.1, 0.15) is 0 Å². The standard InChI is InChI=1S/C19H18ClN3O/c1-12-15(19(21)24)10-18(23-12)14-7-3-5-9-17(14)22-11-13-6-2-4-8-16(13)20/h2-10,22-23H,11H2,1H3,(H2,21,24). The first-order valence-corrected chi connectivity index (χ1v) is 8.00. The summed E-state index contributed by atoms with van der Waals surface area (Å²) in [6.07, 6.45) is 0. The van der Waals surface area contributed by atoms with Gasteiger partial charge in [0.2, 0.25) is 0 Å². The Bertz CT molecular complexity index is 886. The summed E-state index contributed by atoms with van der Waals surface area (Å²) in [5.74, 6) is -0.434. The number of nitrogens with one attached hydrogen (secondary N) is 2. The maximum absolute atomic E-state index is 11.5. The quantitative estimate of drug-likeness (QED) is 0.646. The molecule has 0 atom stereocenters. The zero-order valence-corrected chi connectivity index (χ0v) is 14.0. The number of amides is 1. The van der Waals surface area contributed by atoms with E-state index in [1.54, 1.807) is 6.07 Å². The summed E-state index contributed by atoms with van der Waals surface area (Å²) in [4.78, 5) is 14.7. The van der Waals surface area contributed by atoms with Crippen molar-refractivity contribution in [2.45, 2.75) is 13.5 Å². The Morgan fingerprint density at radius 3 is 2.58 bits per heavy atom. The minimum atomic E-state index is -0.434. The van der Waals surface area contributed by atoms with Crippen molar-refractivity contribution in [2.24, 2.45) is 5.73 Å². The number of halogens is 1. The highest BCUT2D eigenvalue weighted by Gasteiger charge is 2.13. The Morgan fingerprint density at radius 1 is 1.17 bits per heavy atom. The molecule has 0 saturated carbocycles. The highest BCUT2D eigenvalue weighted by atomic mass is 35.5. The summed E-state index contributed by atoms with van der Waals surface area (Å²) in [5.41, 5.74) is 10.5. The van der Waals surface area contributed by atoms with Gasteiger partial charge in [-0.2, -0.15) is 0 Å². The molecule has 3 rings (SSSR count). The molecule has 0 fully saturated rings. The number of para-hydroxylation sites is 1. The van der Waals surface area contributed by atoms with Crippen molar-refractivity contribution < 1.29 is 4.79 Å². The van der Waals surface area contributed by atoms with E-state index in [0.717, 1.165) is 33.2 Å². The largest absolute Gasteiger partial charge is 0.380 e. The number of carbonyl (C=O) groups excluding carboxylic acids is 1. The molecule has 5 heteroatoms. The first-order chi connectivity index (χ1) is 11.6. The maximum Gasteiger partial charge on any atom is 0.250 e. The predicted molar refractivity (Wildman–Crippen MR) is 98.3 cm³/mol. The number of aryl methyl sites for hydroxylation is 1. The molecule has 2 aromatic carbocycles. The van der Waals surface area contributed by atoms with Crippen molar-refractivity contribution in [1.29, 1.82) is 0 Å². The summed E-state index contributed by atoms with van der Waals surface area (Å²) in [7, 11) is 0. The van der Waals surface area contributed by atoms with Gasteiger partial charge in [-0.05, 0) is 30.7 Å². The third-order valence-electron chi connectivity index (χ3n) is 3.92. The SMILES string of the molecule is Cc1[nH]c(-c2ccccc2NCc2ccccc2Cl)cc1C(N)=O. The Balaban J connectivity index is 1.90. The van der Waals surface area contributed by atoms with Crippen LogP contribution in [0.25, 0.3) is 11.3 Å². The lowest BCUT2D eigenvalue weighted by atomic mass is 10.1. The molecule has 0 radical (unpaired) electrons. The average Bonchev–Trinajstić information content (AvgIpc) is 2.96. The predicted octanol–water partition coefficient (Wildman–Crippen LogP) is 4.35. The molecule has 0 bridgehead atoms. The first-order valence-electron chi connectivity index (χ1n) is 7.62. The van der Waals surface area contributed by atoms with Crippen molar-refractivity contribution in [1.82, 2.24) is 4.98 Å². The van der Waals surface area contributed by atoms with Crippen LogP contribution in [0.3, 0.4) is 0 Å². The average molecular weight is 340 g/mol. The van der Waals surface area contributed by atoms with Crippen LogP contribution in [-0.2, 0) is 6.54 Å². The van der Waals surface area contributed by atoms with Crippen LogP contribution in [0.2, 0.25) is 5.02 Å². The number of primary amides is 1. The van der Waals surface area contributed by atoms with Crippen molar-refractivity contribution >= 4 is 23.2 Å². The van der Waals surface area contributed by atoms with Gasteiger partial charge in [0.15, 0.2) is 0 Å². The van der Waals surface area contributed by atoms with Crippen molar-refractivity contribution in [3.8, 4) is 11.3 Å². The molecule has 3 aromatic rings. The number of aromatic amines is 1. The Hall–Kier alpha value is -2.72. The molecular weight excluding hydrogens is 322 g/mol. The number of hydrogen-bond acceptors (Lipinski definition) is 2. The van der Waals surface area contributed by atoms with Gasteiger partial charge in [-0.25, -0.2) is 0 Å². The number of aromatic nitrogens is 1. The second-order valence-corrected chi connectivity index (χ2v) is 5.98. The second-order valence-electron chi connectivity index (χ2n) is 5.58. The number of nitrogens with two attached hydrogens (primary N) is 1. The van der Waals surface area contributed by atoms with Crippen LogP contribution in [-0.4, -0.2) is 10.9 Å². The molecule has 4 nitrogen and oxygen atoms in total. The van der Waals surface area contributed by atoms with Crippen LogP contribution in [0.4, 0.5) is 5.69 Å². The molecule has 24 heavy (non-hydrogen) atoms. The third-order valence-corrected chi connectivity index (χ3v) is 4.29. The van der Waals surface area contributed by atoms with Gasteiger partial charge in [0, 0.05) is 34.2 Å². The molecule has 4 N–H and O–H groups in total. The molecule has 1 heterocycles. The summed E-state index contributed by atoms with van der Waals surface area (Å²) in [6.45, 7) is 2.45. The van der Waals surface area contributed by atoms with Crippen LogP contribution in [0.15, 0.2) is 54.6 Å². The molecule has 0 aliphatic carbocycles. The lowest BCUT2D eigenvalue weighted by molar-refractivity contribution is 0.1000. The summed E-state index contributed by atoms with van der Waals surface area (Å²) < 4.78 is 0. The zero-order valence-electron chi connectivity index (χ0n) is 13.3. The van der Waals surface area contributed by atoms with E-state index in [0.29, 0.717) is 12.1 Å². The fourth-order valence-corrected chi connectivity index (χ4v) is 2.87. The molecule has 0 saturated heterocycles.